The number of rotatable bonds is 1. The van der Waals surface area contributed by atoms with Crippen molar-refractivity contribution in [1.29, 1.82) is 0 Å². The van der Waals surface area contributed by atoms with Gasteiger partial charge in [-0.1, -0.05) is 181 Å². The van der Waals surface area contributed by atoms with E-state index in [9.17, 15) is 0 Å². The molecule has 1 aromatic heterocycles. The van der Waals surface area contributed by atoms with E-state index in [0.29, 0.717) is 0 Å². The summed E-state index contributed by atoms with van der Waals surface area (Å²) in [6.07, 6.45) is 0. The second-order valence-electron chi connectivity index (χ2n) is 11.6. The fraction of sp³-hybridized carbons (Fsp3) is 0.200. The van der Waals surface area contributed by atoms with Crippen LogP contribution in [0.25, 0.3) is 32.9 Å². The minimum atomic E-state index is 1.30. The molecule has 7 aromatic rings. The number of hydrogen-bond donors (Lipinski definition) is 0. The summed E-state index contributed by atoms with van der Waals surface area (Å²) in [6.45, 7) is 16.7. The van der Waals surface area contributed by atoms with E-state index in [1.807, 2.05) is 13.8 Å². The molecule has 0 saturated carbocycles. The Bertz CT molecular complexity index is 1790. The summed E-state index contributed by atoms with van der Waals surface area (Å²) in [4.78, 5) is 0. The van der Waals surface area contributed by atoms with Gasteiger partial charge in [-0.25, -0.2) is 0 Å². The molecule has 1 heterocycles. The van der Waals surface area contributed by atoms with Crippen LogP contribution in [0.4, 0.5) is 0 Å². The largest absolute Gasteiger partial charge is 0.344 e. The molecule has 0 spiro atoms. The van der Waals surface area contributed by atoms with E-state index in [-0.39, 0.29) is 0 Å². The third-order valence-electron chi connectivity index (χ3n) is 7.58. The maximum atomic E-state index is 2.24. The summed E-state index contributed by atoms with van der Waals surface area (Å²) < 4.78 is 2.24. The summed E-state index contributed by atoms with van der Waals surface area (Å²) in [6, 6.07) is 51.2. The van der Waals surface area contributed by atoms with Gasteiger partial charge in [0.1, 0.15) is 0 Å². The minimum absolute atomic E-state index is 1.30. The molecule has 0 N–H and O–H groups in total. The van der Waals surface area contributed by atoms with Crippen molar-refractivity contribution in [3.8, 4) is 11.1 Å². The standard InChI is InChI=1S/C14H14.C13H11N.2C8H10.C2H6/c1-11-5-3-7-13(9-11)14-8-4-6-12(2)10-14;1-14-12-8-4-2-6-10(12)11-7-3-5-9-13(11)14;1-7-3-5-8(2)6-4-7;1-7-4-3-5-8(2)6-7;1-2/h3-10H,1-2H3;2-9H,1H3;2*3-6H,1-2H3;1-2H3. The molecule has 7 rings (SSSR count). The van der Waals surface area contributed by atoms with Crippen LogP contribution in [0.3, 0.4) is 0 Å². The Morgan fingerprint density at radius 2 is 0.652 bits per heavy atom. The van der Waals surface area contributed by atoms with Crippen LogP contribution in [0, 0.1) is 41.5 Å². The molecule has 0 saturated heterocycles. The van der Waals surface area contributed by atoms with Crippen LogP contribution in [-0.2, 0) is 7.05 Å². The van der Waals surface area contributed by atoms with Crippen LogP contribution in [0.1, 0.15) is 47.2 Å². The van der Waals surface area contributed by atoms with Crippen LogP contribution >= 0.6 is 0 Å². The predicted octanol–water partition coefficient (Wildman–Crippen LogP) is 12.9. The summed E-state index contributed by atoms with van der Waals surface area (Å²) in [5.41, 5.74) is 13.2. The van der Waals surface area contributed by atoms with Gasteiger partial charge in [0.15, 0.2) is 0 Å². The Morgan fingerprint density at radius 1 is 0.326 bits per heavy atom. The van der Waals surface area contributed by atoms with Crippen LogP contribution in [0.15, 0.2) is 146 Å². The average molecular weight is 606 g/mol. The first kappa shape index (κ1) is 35.6. The van der Waals surface area contributed by atoms with Gasteiger partial charge in [-0.05, 0) is 64.8 Å². The lowest BCUT2D eigenvalue weighted by Crippen LogP contribution is -1.84. The molecule has 0 amide bonds. The highest BCUT2D eigenvalue weighted by molar-refractivity contribution is 6.07. The smallest absolute Gasteiger partial charge is 0.0488 e. The zero-order valence-electron chi connectivity index (χ0n) is 29.3. The first-order valence-electron chi connectivity index (χ1n) is 16.3. The topological polar surface area (TPSA) is 4.93 Å². The summed E-state index contributed by atoms with van der Waals surface area (Å²) in [7, 11) is 2.12. The van der Waals surface area contributed by atoms with Crippen molar-refractivity contribution in [2.75, 3.05) is 0 Å². The van der Waals surface area contributed by atoms with Crippen molar-refractivity contribution < 1.29 is 0 Å². The van der Waals surface area contributed by atoms with Crippen molar-refractivity contribution in [3.05, 3.63) is 179 Å². The van der Waals surface area contributed by atoms with Gasteiger partial charge in [0.05, 0.1) is 0 Å². The molecule has 1 heteroatoms. The number of nitrogens with zero attached hydrogens (tertiary/aromatic N) is 1. The van der Waals surface area contributed by atoms with Crippen LogP contribution < -0.4 is 0 Å². The monoisotopic (exact) mass is 605 g/mol. The first-order valence-corrected chi connectivity index (χ1v) is 16.3. The highest BCUT2D eigenvalue weighted by Crippen LogP contribution is 2.27. The maximum Gasteiger partial charge on any atom is 0.0488 e. The zero-order valence-corrected chi connectivity index (χ0v) is 29.3. The van der Waals surface area contributed by atoms with Crippen LogP contribution in [0.5, 0.6) is 0 Å². The Morgan fingerprint density at radius 3 is 0.978 bits per heavy atom. The third-order valence-corrected chi connectivity index (χ3v) is 7.58. The fourth-order valence-electron chi connectivity index (χ4n) is 5.21. The molecule has 6 aromatic carbocycles. The molecule has 0 aliphatic carbocycles. The molecule has 0 aliphatic heterocycles. The van der Waals surface area contributed by atoms with Crippen molar-refractivity contribution in [2.45, 2.75) is 55.4 Å². The average Bonchev–Trinajstić information content (AvgIpc) is 3.36. The SMILES string of the molecule is CC.Cc1ccc(C)cc1.Cc1cccc(-c2cccc(C)c2)c1.Cc1cccc(C)c1.Cn1c2ccccc2c2ccccc21. The van der Waals surface area contributed by atoms with Gasteiger partial charge in [-0.3, -0.25) is 0 Å². The number of hydrogen-bond acceptors (Lipinski definition) is 0. The number of benzene rings is 6. The van der Waals surface area contributed by atoms with E-state index in [1.165, 1.54) is 66.3 Å². The second kappa shape index (κ2) is 18.2. The number of aryl methyl sites for hydroxylation is 7. The molecule has 0 aliphatic rings. The van der Waals surface area contributed by atoms with E-state index in [4.69, 9.17) is 0 Å². The van der Waals surface area contributed by atoms with Crippen molar-refractivity contribution in [1.82, 2.24) is 4.57 Å². The minimum Gasteiger partial charge on any atom is -0.344 e. The van der Waals surface area contributed by atoms with Gasteiger partial charge < -0.3 is 4.57 Å². The lowest BCUT2D eigenvalue weighted by Gasteiger charge is -2.03. The van der Waals surface area contributed by atoms with Crippen molar-refractivity contribution >= 4 is 21.8 Å². The molecule has 1 nitrogen and oxygen atoms in total. The van der Waals surface area contributed by atoms with Gasteiger partial charge in [0.2, 0.25) is 0 Å². The van der Waals surface area contributed by atoms with E-state index in [2.05, 4.69) is 199 Å². The molecule has 0 atom stereocenters. The lowest BCUT2D eigenvalue weighted by molar-refractivity contribution is 1.01. The Kier molecular flexibility index (Phi) is 14.1. The summed E-state index contributed by atoms with van der Waals surface area (Å²) >= 11 is 0. The zero-order chi connectivity index (χ0) is 33.5. The Balaban J connectivity index is 0.000000170. The highest BCUT2D eigenvalue weighted by atomic mass is 14.9. The maximum absolute atomic E-state index is 2.24. The molecular weight excluding hydrogens is 555 g/mol. The Labute approximate surface area is 278 Å². The predicted molar refractivity (Wildman–Crippen MR) is 205 cm³/mol. The molecule has 0 unspecified atom stereocenters. The van der Waals surface area contributed by atoms with Crippen LogP contribution in [-0.4, -0.2) is 4.57 Å². The van der Waals surface area contributed by atoms with E-state index in [1.54, 1.807) is 0 Å². The van der Waals surface area contributed by atoms with Gasteiger partial charge >= 0.3 is 0 Å². The molecule has 0 bridgehead atoms. The molecule has 46 heavy (non-hydrogen) atoms. The highest BCUT2D eigenvalue weighted by Gasteiger charge is 2.05. The first-order chi connectivity index (χ1) is 22.2. The van der Waals surface area contributed by atoms with Crippen molar-refractivity contribution in [3.63, 3.8) is 0 Å². The number of para-hydroxylation sites is 2. The quantitative estimate of drug-likeness (QED) is 0.175. The molecule has 236 valence electrons. The normalized spacial score (nSPS) is 9.85. The molecular formula is C45H51N. The summed E-state index contributed by atoms with van der Waals surface area (Å²) in [5, 5.41) is 2.68. The molecule has 0 radical (unpaired) electrons. The third kappa shape index (κ3) is 10.6. The van der Waals surface area contributed by atoms with Gasteiger partial charge in [0, 0.05) is 28.9 Å². The number of fused-ring (bicyclic) bond motifs is 3. The molecule has 0 fully saturated rings. The Hall–Kier alpha value is -4.88. The van der Waals surface area contributed by atoms with E-state index in [0.717, 1.165) is 0 Å². The van der Waals surface area contributed by atoms with Gasteiger partial charge in [0.25, 0.3) is 0 Å². The second-order valence-corrected chi connectivity index (χ2v) is 11.6. The van der Waals surface area contributed by atoms with E-state index >= 15 is 0 Å². The van der Waals surface area contributed by atoms with Gasteiger partial charge in [-0.15, -0.1) is 0 Å². The van der Waals surface area contributed by atoms with Gasteiger partial charge in [-0.2, -0.15) is 0 Å². The van der Waals surface area contributed by atoms with E-state index < -0.39 is 0 Å². The van der Waals surface area contributed by atoms with Crippen molar-refractivity contribution in [2.24, 2.45) is 7.05 Å². The lowest BCUT2D eigenvalue weighted by atomic mass is 10.0. The fourth-order valence-corrected chi connectivity index (χ4v) is 5.21. The number of aromatic nitrogens is 1. The summed E-state index contributed by atoms with van der Waals surface area (Å²) in [5.74, 6) is 0. The van der Waals surface area contributed by atoms with Crippen LogP contribution in [0.2, 0.25) is 0 Å².